The van der Waals surface area contributed by atoms with Gasteiger partial charge in [-0.15, -0.1) is 6.58 Å². The van der Waals surface area contributed by atoms with Gasteiger partial charge in [-0.25, -0.2) is 13.2 Å². The number of benzene rings is 3. The van der Waals surface area contributed by atoms with Crippen LogP contribution in [0.15, 0.2) is 102 Å². The third-order valence-electron chi connectivity index (χ3n) is 9.39. The summed E-state index contributed by atoms with van der Waals surface area (Å²) in [7, 11) is -1.90. The molecule has 0 radical (unpaired) electrons. The maximum absolute atomic E-state index is 13.5. The van der Waals surface area contributed by atoms with E-state index in [0.29, 0.717) is 17.0 Å². The third kappa shape index (κ3) is 7.83. The number of piperidine rings is 1. The highest BCUT2D eigenvalue weighted by atomic mass is 32.2. The largest absolute Gasteiger partial charge is 0.445 e. The molecule has 1 aliphatic heterocycles. The van der Waals surface area contributed by atoms with E-state index in [0.717, 1.165) is 45.3 Å². The predicted octanol–water partition coefficient (Wildman–Crippen LogP) is 6.07. The van der Waals surface area contributed by atoms with Crippen LogP contribution in [0, 0.1) is 16.0 Å². The summed E-state index contributed by atoms with van der Waals surface area (Å²) in [5.41, 5.74) is 1.91. The quantitative estimate of drug-likeness (QED) is 0.133. The summed E-state index contributed by atoms with van der Waals surface area (Å²) in [6, 6.07) is 24.9. The first-order chi connectivity index (χ1) is 22.2. The lowest BCUT2D eigenvalue weighted by Crippen LogP contribution is -2.48. The number of ether oxygens (including phenoxy) is 1. The molecular weight excluding hydrogens is 604 g/mol. The van der Waals surface area contributed by atoms with E-state index in [1.165, 1.54) is 17.7 Å². The van der Waals surface area contributed by atoms with Crippen molar-refractivity contribution in [1.29, 1.82) is 0 Å². The van der Waals surface area contributed by atoms with Gasteiger partial charge in [-0.05, 0) is 72.9 Å². The van der Waals surface area contributed by atoms with E-state index in [4.69, 9.17) is 4.74 Å². The van der Waals surface area contributed by atoms with Gasteiger partial charge in [0.25, 0.3) is 5.69 Å². The van der Waals surface area contributed by atoms with E-state index in [9.17, 15) is 23.3 Å². The summed E-state index contributed by atoms with van der Waals surface area (Å²) in [4.78, 5) is 28.0. The molecule has 2 aliphatic rings. The number of nitrogens with zero attached hydrogens (tertiary/aromatic N) is 4. The molecule has 3 atom stereocenters. The van der Waals surface area contributed by atoms with Crippen LogP contribution in [0.4, 0.5) is 10.5 Å². The molecule has 46 heavy (non-hydrogen) atoms. The van der Waals surface area contributed by atoms with Gasteiger partial charge >= 0.3 is 6.09 Å². The fourth-order valence-electron chi connectivity index (χ4n) is 6.86. The van der Waals surface area contributed by atoms with Gasteiger partial charge in [-0.3, -0.25) is 10.1 Å². The molecule has 1 saturated heterocycles. The Kier molecular flexibility index (Phi) is 10.9. The first kappa shape index (κ1) is 33.3. The van der Waals surface area contributed by atoms with Crippen LogP contribution in [-0.2, 0) is 21.4 Å². The minimum atomic E-state index is -3.61. The smallest absolute Gasteiger partial charge is 0.410 e. The number of likely N-dealkylation sites (tertiary alicyclic amines) is 1. The summed E-state index contributed by atoms with van der Waals surface area (Å²) in [6.07, 6.45) is 4.38. The standard InChI is InChI=1S/C35H42N4O6S/c1-3-20-38(35(40)45-26-27-14-16-31(17-15-27)39(41)42)30-18-21-37(22-19-30)25-29-23-32(24-34(29)28-10-6-4-7-11-28)36(2)46(43,44)33-12-8-5-9-13-33/h3-17,29-30,32,34H,1,18-26H2,2H3/t29-,32-,34-/m1/s1. The van der Waals surface area contributed by atoms with Gasteiger partial charge in [-0.1, -0.05) is 54.6 Å². The Balaban J connectivity index is 1.20. The van der Waals surface area contributed by atoms with Gasteiger partial charge in [0.2, 0.25) is 10.0 Å². The van der Waals surface area contributed by atoms with Crippen LogP contribution < -0.4 is 0 Å². The van der Waals surface area contributed by atoms with Crippen molar-refractivity contribution in [2.24, 2.45) is 5.92 Å². The highest BCUT2D eigenvalue weighted by Crippen LogP contribution is 2.43. The average Bonchev–Trinajstić information content (AvgIpc) is 3.50. The highest BCUT2D eigenvalue weighted by Gasteiger charge is 2.41. The molecule has 0 bridgehead atoms. The number of carbonyl (C=O) groups excluding carboxylic acids is 1. The lowest BCUT2D eigenvalue weighted by Gasteiger charge is -2.39. The Bertz CT molecular complexity index is 1580. The Labute approximate surface area is 271 Å². The van der Waals surface area contributed by atoms with E-state index in [-0.39, 0.29) is 36.2 Å². The number of sulfonamides is 1. The Morgan fingerprint density at radius 3 is 2.22 bits per heavy atom. The molecule has 11 heteroatoms. The van der Waals surface area contributed by atoms with Crippen molar-refractivity contribution >= 4 is 21.8 Å². The van der Waals surface area contributed by atoms with Crippen molar-refractivity contribution < 1.29 is 22.9 Å². The van der Waals surface area contributed by atoms with Gasteiger partial charge in [0.15, 0.2) is 0 Å². The van der Waals surface area contributed by atoms with Crippen LogP contribution in [0.25, 0.3) is 0 Å². The number of nitro groups is 1. The SMILES string of the molecule is C=CCN(C(=O)OCc1ccc([N+](=O)[O-])cc1)C1CCN(C[C@H]2C[C@@H](N(C)S(=O)(=O)c3ccccc3)C[C@@H]2c2ccccc2)CC1. The molecule has 3 aromatic rings. The molecule has 1 heterocycles. The number of non-ortho nitro benzene ring substituents is 1. The molecule has 0 spiro atoms. The maximum Gasteiger partial charge on any atom is 0.410 e. The summed E-state index contributed by atoms with van der Waals surface area (Å²) >= 11 is 0. The van der Waals surface area contributed by atoms with Gasteiger partial charge in [0.1, 0.15) is 6.61 Å². The monoisotopic (exact) mass is 646 g/mol. The van der Waals surface area contributed by atoms with Crippen molar-refractivity contribution in [3.8, 4) is 0 Å². The summed E-state index contributed by atoms with van der Waals surface area (Å²) in [6.45, 7) is 6.71. The summed E-state index contributed by atoms with van der Waals surface area (Å²) in [5, 5.41) is 10.9. The van der Waals surface area contributed by atoms with Crippen molar-refractivity contribution in [2.75, 3.05) is 33.2 Å². The molecule has 2 fully saturated rings. The van der Waals surface area contributed by atoms with Crippen LogP contribution in [0.2, 0.25) is 0 Å². The van der Waals surface area contributed by atoms with E-state index in [1.54, 1.807) is 58.7 Å². The lowest BCUT2D eigenvalue weighted by atomic mass is 9.88. The number of nitro benzene ring substituents is 1. The second-order valence-corrected chi connectivity index (χ2v) is 14.2. The fraction of sp³-hybridized carbons (Fsp3) is 0.400. The second-order valence-electron chi connectivity index (χ2n) is 12.2. The predicted molar refractivity (Wildman–Crippen MR) is 177 cm³/mol. The van der Waals surface area contributed by atoms with Crippen LogP contribution in [0.1, 0.15) is 42.7 Å². The first-order valence-corrected chi connectivity index (χ1v) is 17.2. The summed E-state index contributed by atoms with van der Waals surface area (Å²) in [5.74, 6) is 0.525. The minimum Gasteiger partial charge on any atom is -0.445 e. The van der Waals surface area contributed by atoms with Crippen LogP contribution >= 0.6 is 0 Å². The zero-order valence-corrected chi connectivity index (χ0v) is 27.0. The molecule has 244 valence electrons. The number of hydrogen-bond donors (Lipinski definition) is 0. The molecular formula is C35H42N4O6S. The van der Waals surface area contributed by atoms with E-state index < -0.39 is 21.0 Å². The third-order valence-corrected chi connectivity index (χ3v) is 11.3. The summed E-state index contributed by atoms with van der Waals surface area (Å²) < 4.78 is 34.1. The average molecular weight is 647 g/mol. The molecule has 1 amide bonds. The van der Waals surface area contributed by atoms with Crippen LogP contribution in [0.5, 0.6) is 0 Å². The minimum absolute atomic E-state index is 0.00186. The molecule has 5 rings (SSSR count). The van der Waals surface area contributed by atoms with Crippen molar-refractivity contribution in [1.82, 2.24) is 14.1 Å². The first-order valence-electron chi connectivity index (χ1n) is 15.8. The number of hydrogen-bond acceptors (Lipinski definition) is 7. The number of amides is 1. The molecule has 0 aromatic heterocycles. The van der Waals surface area contributed by atoms with Crippen LogP contribution in [-0.4, -0.2) is 78.8 Å². The Morgan fingerprint density at radius 1 is 0.978 bits per heavy atom. The molecule has 1 aliphatic carbocycles. The van der Waals surface area contributed by atoms with Gasteiger partial charge < -0.3 is 14.5 Å². The zero-order valence-electron chi connectivity index (χ0n) is 26.2. The Morgan fingerprint density at radius 2 is 1.61 bits per heavy atom. The van der Waals surface area contributed by atoms with Crippen molar-refractivity contribution in [2.45, 2.75) is 55.2 Å². The molecule has 10 nitrogen and oxygen atoms in total. The van der Waals surface area contributed by atoms with Gasteiger partial charge in [-0.2, -0.15) is 4.31 Å². The van der Waals surface area contributed by atoms with E-state index >= 15 is 0 Å². The maximum atomic E-state index is 13.5. The zero-order chi connectivity index (χ0) is 32.7. The van der Waals surface area contributed by atoms with E-state index in [1.807, 2.05) is 24.3 Å². The molecule has 0 N–H and O–H groups in total. The fourth-order valence-corrected chi connectivity index (χ4v) is 8.25. The highest BCUT2D eigenvalue weighted by molar-refractivity contribution is 7.89. The number of carbonyl (C=O) groups is 1. The second kappa shape index (κ2) is 15.0. The van der Waals surface area contributed by atoms with Gasteiger partial charge in [0.05, 0.1) is 9.82 Å². The molecule has 3 aromatic carbocycles. The lowest BCUT2D eigenvalue weighted by molar-refractivity contribution is -0.384. The Hall–Kier alpha value is -4.06. The molecule has 1 saturated carbocycles. The van der Waals surface area contributed by atoms with E-state index in [2.05, 4.69) is 23.6 Å². The van der Waals surface area contributed by atoms with Crippen molar-refractivity contribution in [3.05, 3.63) is 119 Å². The number of rotatable bonds is 12. The normalized spacial score (nSPS) is 20.8. The molecule has 0 unspecified atom stereocenters. The van der Waals surface area contributed by atoms with Crippen LogP contribution in [0.3, 0.4) is 0 Å². The topological polar surface area (TPSA) is 113 Å². The van der Waals surface area contributed by atoms with Gasteiger partial charge in [0, 0.05) is 57.4 Å². The van der Waals surface area contributed by atoms with Crippen molar-refractivity contribution in [3.63, 3.8) is 0 Å².